The first-order valence-electron chi connectivity index (χ1n) is 5.16. The van der Waals surface area contributed by atoms with Crippen LogP contribution in [0.5, 0.6) is 0 Å². The van der Waals surface area contributed by atoms with Gasteiger partial charge in [-0.25, -0.2) is 8.42 Å². The second-order valence-corrected chi connectivity index (χ2v) is 6.55. The SMILES string of the molecule is CCOCCS(=O)(=O)Cc1ccc(Cl)cc1Cl. The molecule has 6 heteroatoms. The van der Waals surface area contributed by atoms with Crippen LogP contribution in [0.1, 0.15) is 12.5 Å². The van der Waals surface area contributed by atoms with Gasteiger partial charge in [-0.05, 0) is 24.6 Å². The van der Waals surface area contributed by atoms with Crippen LogP contribution < -0.4 is 0 Å². The van der Waals surface area contributed by atoms with E-state index in [1.54, 1.807) is 12.1 Å². The molecule has 96 valence electrons. The Labute approximate surface area is 112 Å². The number of benzene rings is 1. The minimum atomic E-state index is -3.19. The van der Waals surface area contributed by atoms with Crippen molar-refractivity contribution in [1.82, 2.24) is 0 Å². The molecule has 0 aromatic heterocycles. The minimum Gasteiger partial charge on any atom is -0.381 e. The van der Waals surface area contributed by atoms with Crippen molar-refractivity contribution >= 4 is 33.0 Å². The zero-order valence-electron chi connectivity index (χ0n) is 9.45. The number of hydrogen-bond acceptors (Lipinski definition) is 3. The van der Waals surface area contributed by atoms with E-state index in [-0.39, 0.29) is 18.1 Å². The van der Waals surface area contributed by atoms with Crippen LogP contribution in [-0.4, -0.2) is 27.4 Å². The quantitative estimate of drug-likeness (QED) is 0.758. The van der Waals surface area contributed by atoms with Crippen molar-refractivity contribution in [3.05, 3.63) is 33.8 Å². The van der Waals surface area contributed by atoms with Gasteiger partial charge in [-0.2, -0.15) is 0 Å². The van der Waals surface area contributed by atoms with Crippen LogP contribution in [0, 0.1) is 0 Å². The lowest BCUT2D eigenvalue weighted by Gasteiger charge is -2.06. The van der Waals surface area contributed by atoms with Gasteiger partial charge in [-0.15, -0.1) is 0 Å². The topological polar surface area (TPSA) is 43.4 Å². The standard InChI is InChI=1S/C11H14Cl2O3S/c1-2-16-5-6-17(14,15)8-9-3-4-10(12)7-11(9)13/h3-4,7H,2,5-6,8H2,1H3. The fourth-order valence-electron chi connectivity index (χ4n) is 1.28. The summed E-state index contributed by atoms with van der Waals surface area (Å²) in [6, 6.07) is 4.79. The number of hydrogen-bond donors (Lipinski definition) is 0. The van der Waals surface area contributed by atoms with Crippen LogP contribution in [-0.2, 0) is 20.3 Å². The van der Waals surface area contributed by atoms with E-state index in [1.165, 1.54) is 6.07 Å². The first-order chi connectivity index (χ1) is 7.94. The normalized spacial score (nSPS) is 11.7. The molecular weight excluding hydrogens is 283 g/mol. The molecule has 0 radical (unpaired) electrons. The summed E-state index contributed by atoms with van der Waals surface area (Å²) >= 11 is 11.7. The third-order valence-corrected chi connectivity index (χ3v) is 4.26. The maximum atomic E-state index is 11.7. The van der Waals surface area contributed by atoms with E-state index in [2.05, 4.69) is 0 Å². The van der Waals surface area contributed by atoms with Crippen molar-refractivity contribution in [2.75, 3.05) is 19.0 Å². The number of halogens is 2. The molecule has 0 N–H and O–H groups in total. The van der Waals surface area contributed by atoms with Crippen LogP contribution in [0.15, 0.2) is 18.2 Å². The molecule has 1 aromatic rings. The van der Waals surface area contributed by atoms with Crippen molar-refractivity contribution in [2.45, 2.75) is 12.7 Å². The van der Waals surface area contributed by atoms with Gasteiger partial charge < -0.3 is 4.74 Å². The lowest BCUT2D eigenvalue weighted by Crippen LogP contribution is -2.14. The maximum Gasteiger partial charge on any atom is 0.156 e. The molecular formula is C11H14Cl2O3S. The van der Waals surface area contributed by atoms with Gasteiger partial charge in [-0.3, -0.25) is 0 Å². The summed E-state index contributed by atoms with van der Waals surface area (Å²) in [6.07, 6.45) is 0. The average molecular weight is 297 g/mol. The molecule has 0 saturated carbocycles. The monoisotopic (exact) mass is 296 g/mol. The third kappa shape index (κ3) is 5.25. The molecule has 0 spiro atoms. The molecule has 0 fully saturated rings. The molecule has 0 aliphatic rings. The summed E-state index contributed by atoms with van der Waals surface area (Å²) in [7, 11) is -3.19. The predicted octanol–water partition coefficient (Wildman–Crippen LogP) is 2.94. The number of sulfone groups is 1. The van der Waals surface area contributed by atoms with Crippen molar-refractivity contribution in [3.63, 3.8) is 0 Å². The molecule has 1 rings (SSSR count). The second kappa shape index (κ2) is 6.59. The highest BCUT2D eigenvalue weighted by Crippen LogP contribution is 2.22. The Balaban J connectivity index is 2.69. The molecule has 0 bridgehead atoms. The summed E-state index contributed by atoms with van der Waals surface area (Å²) in [5.74, 6) is -0.0874. The van der Waals surface area contributed by atoms with E-state index < -0.39 is 9.84 Å². The predicted molar refractivity (Wildman–Crippen MR) is 70.4 cm³/mol. The molecule has 0 aliphatic carbocycles. The minimum absolute atomic E-state index is 0.000203. The van der Waals surface area contributed by atoms with Crippen molar-refractivity contribution in [3.8, 4) is 0 Å². The van der Waals surface area contributed by atoms with E-state index >= 15 is 0 Å². The molecule has 0 atom stereocenters. The number of rotatable bonds is 6. The zero-order chi connectivity index (χ0) is 12.9. The third-order valence-electron chi connectivity index (χ3n) is 2.13. The van der Waals surface area contributed by atoms with E-state index in [0.29, 0.717) is 22.2 Å². The van der Waals surface area contributed by atoms with Gasteiger partial charge in [0.1, 0.15) is 0 Å². The van der Waals surface area contributed by atoms with Gasteiger partial charge in [0.15, 0.2) is 9.84 Å². The van der Waals surface area contributed by atoms with Crippen molar-refractivity contribution < 1.29 is 13.2 Å². The largest absolute Gasteiger partial charge is 0.381 e. The van der Waals surface area contributed by atoms with Crippen LogP contribution >= 0.6 is 23.2 Å². The van der Waals surface area contributed by atoms with Gasteiger partial charge in [0, 0.05) is 16.7 Å². The Kier molecular flexibility index (Phi) is 5.73. The molecule has 0 aliphatic heterocycles. The van der Waals surface area contributed by atoms with E-state index in [0.717, 1.165) is 0 Å². The highest BCUT2D eigenvalue weighted by molar-refractivity contribution is 7.90. The Hall–Kier alpha value is -0.290. The molecule has 17 heavy (non-hydrogen) atoms. The first kappa shape index (κ1) is 14.8. The fraction of sp³-hybridized carbons (Fsp3) is 0.455. The van der Waals surface area contributed by atoms with Crippen LogP contribution in [0.2, 0.25) is 10.0 Å². The molecule has 0 amide bonds. The molecule has 0 heterocycles. The molecule has 0 saturated heterocycles. The lowest BCUT2D eigenvalue weighted by molar-refractivity contribution is 0.163. The van der Waals surface area contributed by atoms with E-state index in [1.807, 2.05) is 6.92 Å². The van der Waals surface area contributed by atoms with Crippen molar-refractivity contribution in [2.24, 2.45) is 0 Å². The van der Waals surface area contributed by atoms with Crippen LogP contribution in [0.3, 0.4) is 0 Å². The Morgan fingerprint density at radius 3 is 2.59 bits per heavy atom. The average Bonchev–Trinajstić information content (AvgIpc) is 2.22. The Bertz CT molecular complexity index is 472. The Morgan fingerprint density at radius 2 is 2.00 bits per heavy atom. The highest BCUT2D eigenvalue weighted by Gasteiger charge is 2.14. The van der Waals surface area contributed by atoms with E-state index in [4.69, 9.17) is 27.9 Å². The second-order valence-electron chi connectivity index (χ2n) is 3.52. The van der Waals surface area contributed by atoms with Gasteiger partial charge in [-0.1, -0.05) is 29.3 Å². The summed E-state index contributed by atoms with van der Waals surface area (Å²) in [4.78, 5) is 0. The summed E-state index contributed by atoms with van der Waals surface area (Å²) in [5.41, 5.74) is 0.563. The fourth-order valence-corrected chi connectivity index (χ4v) is 3.07. The summed E-state index contributed by atoms with van der Waals surface area (Å²) < 4.78 is 28.5. The zero-order valence-corrected chi connectivity index (χ0v) is 11.8. The maximum absolute atomic E-state index is 11.7. The first-order valence-corrected chi connectivity index (χ1v) is 7.74. The molecule has 0 unspecified atom stereocenters. The van der Waals surface area contributed by atoms with Gasteiger partial charge in [0.2, 0.25) is 0 Å². The van der Waals surface area contributed by atoms with Crippen molar-refractivity contribution in [1.29, 1.82) is 0 Å². The molecule has 1 aromatic carbocycles. The highest BCUT2D eigenvalue weighted by atomic mass is 35.5. The smallest absolute Gasteiger partial charge is 0.156 e. The van der Waals surface area contributed by atoms with Gasteiger partial charge >= 0.3 is 0 Å². The summed E-state index contributed by atoms with van der Waals surface area (Å²) in [5, 5.41) is 0.864. The van der Waals surface area contributed by atoms with Gasteiger partial charge in [0.05, 0.1) is 18.1 Å². The number of ether oxygens (including phenoxy) is 1. The lowest BCUT2D eigenvalue weighted by atomic mass is 10.2. The Morgan fingerprint density at radius 1 is 1.29 bits per heavy atom. The van der Waals surface area contributed by atoms with Crippen LogP contribution in [0.4, 0.5) is 0 Å². The van der Waals surface area contributed by atoms with Crippen LogP contribution in [0.25, 0.3) is 0 Å². The molecule has 3 nitrogen and oxygen atoms in total. The van der Waals surface area contributed by atoms with E-state index in [9.17, 15) is 8.42 Å². The van der Waals surface area contributed by atoms with Gasteiger partial charge in [0.25, 0.3) is 0 Å². The summed E-state index contributed by atoms with van der Waals surface area (Å²) in [6.45, 7) is 2.55.